The van der Waals surface area contributed by atoms with E-state index in [-0.39, 0.29) is 11.6 Å². The molecule has 0 saturated carbocycles. The summed E-state index contributed by atoms with van der Waals surface area (Å²) in [5.74, 6) is 0.880. The van der Waals surface area contributed by atoms with Gasteiger partial charge in [-0.3, -0.25) is 14.9 Å². The van der Waals surface area contributed by atoms with E-state index >= 15 is 0 Å². The van der Waals surface area contributed by atoms with Gasteiger partial charge in [0.2, 0.25) is 6.23 Å². The van der Waals surface area contributed by atoms with Gasteiger partial charge in [0.25, 0.3) is 11.6 Å². The molecular formula is C18H12N2O5. The molecule has 124 valence electrons. The highest BCUT2D eigenvalue weighted by Gasteiger charge is 2.29. The molecule has 7 heteroatoms. The molecule has 3 aromatic rings. The fourth-order valence-electron chi connectivity index (χ4n) is 2.72. The number of hydrogen-bond donors (Lipinski definition) is 1. The Morgan fingerprint density at radius 3 is 2.48 bits per heavy atom. The number of ether oxygens (including phenoxy) is 1. The van der Waals surface area contributed by atoms with Crippen molar-refractivity contribution in [1.29, 1.82) is 0 Å². The van der Waals surface area contributed by atoms with E-state index in [2.05, 4.69) is 5.32 Å². The summed E-state index contributed by atoms with van der Waals surface area (Å²) in [5.41, 5.74) is 0.757. The Morgan fingerprint density at radius 1 is 0.960 bits per heavy atom. The topological polar surface area (TPSA) is 94.6 Å². The van der Waals surface area contributed by atoms with Crippen LogP contribution in [0.2, 0.25) is 0 Å². The fourth-order valence-corrected chi connectivity index (χ4v) is 2.72. The molecule has 1 N–H and O–H groups in total. The standard InChI is InChI=1S/C18H12N2O5/c21-17-12-6-2-4-8-14(12)25-18(19-17)16-10-9-15(24-16)11-5-1-3-7-13(11)20(22)23/h1-10,18H,(H,19,21). The van der Waals surface area contributed by atoms with E-state index < -0.39 is 11.2 Å². The average molecular weight is 336 g/mol. The molecule has 1 aromatic heterocycles. The number of nitrogens with zero attached hydrogens (tertiary/aromatic N) is 1. The van der Waals surface area contributed by atoms with Crippen LogP contribution in [0.25, 0.3) is 11.3 Å². The van der Waals surface area contributed by atoms with Crippen LogP contribution in [0.1, 0.15) is 22.3 Å². The van der Waals surface area contributed by atoms with Gasteiger partial charge in [0.15, 0.2) is 5.76 Å². The minimum atomic E-state index is -0.793. The number of carbonyl (C=O) groups excluding carboxylic acids is 1. The Balaban J connectivity index is 1.67. The summed E-state index contributed by atoms with van der Waals surface area (Å²) in [6.07, 6.45) is -0.793. The zero-order valence-electron chi connectivity index (χ0n) is 12.8. The maximum atomic E-state index is 12.2. The van der Waals surface area contributed by atoms with Crippen molar-refractivity contribution in [2.24, 2.45) is 0 Å². The first-order chi connectivity index (χ1) is 12.1. The molecule has 0 radical (unpaired) electrons. The second kappa shape index (κ2) is 5.79. The molecule has 0 saturated heterocycles. The molecule has 2 aromatic carbocycles. The molecule has 7 nitrogen and oxygen atoms in total. The highest BCUT2D eigenvalue weighted by Crippen LogP contribution is 2.34. The molecule has 1 aliphatic heterocycles. The fraction of sp³-hybridized carbons (Fsp3) is 0.0556. The first-order valence-electron chi connectivity index (χ1n) is 7.53. The smallest absolute Gasteiger partial charge is 0.280 e. The van der Waals surface area contributed by atoms with Crippen LogP contribution in [0.15, 0.2) is 65.1 Å². The number of rotatable bonds is 3. The third-order valence-corrected chi connectivity index (χ3v) is 3.89. The molecule has 0 bridgehead atoms. The molecular weight excluding hydrogens is 324 g/mol. The van der Waals surface area contributed by atoms with Crippen molar-refractivity contribution in [2.75, 3.05) is 0 Å². The molecule has 2 heterocycles. The number of para-hydroxylation sites is 2. The number of nitro benzene ring substituents is 1. The maximum Gasteiger partial charge on any atom is 0.280 e. The number of hydrogen-bond acceptors (Lipinski definition) is 5. The zero-order valence-corrected chi connectivity index (χ0v) is 12.8. The van der Waals surface area contributed by atoms with Crippen molar-refractivity contribution in [1.82, 2.24) is 5.32 Å². The third kappa shape index (κ3) is 2.61. The van der Waals surface area contributed by atoms with E-state index in [0.29, 0.717) is 28.4 Å². The van der Waals surface area contributed by atoms with Crippen LogP contribution >= 0.6 is 0 Å². The molecule has 25 heavy (non-hydrogen) atoms. The zero-order chi connectivity index (χ0) is 17.4. The van der Waals surface area contributed by atoms with Gasteiger partial charge >= 0.3 is 0 Å². The van der Waals surface area contributed by atoms with Gasteiger partial charge in [0, 0.05) is 6.07 Å². The van der Waals surface area contributed by atoms with E-state index in [4.69, 9.17) is 9.15 Å². The van der Waals surface area contributed by atoms with Gasteiger partial charge in [-0.05, 0) is 30.3 Å². The van der Waals surface area contributed by atoms with Crippen molar-refractivity contribution in [3.8, 4) is 17.1 Å². The first-order valence-corrected chi connectivity index (χ1v) is 7.53. The molecule has 1 atom stereocenters. The average Bonchev–Trinajstić information content (AvgIpc) is 3.12. The van der Waals surface area contributed by atoms with E-state index in [1.807, 2.05) is 0 Å². The predicted octanol–water partition coefficient (Wildman–Crippen LogP) is 3.68. The Labute approximate surface area is 142 Å². The Kier molecular flexibility index (Phi) is 3.46. The van der Waals surface area contributed by atoms with Crippen LogP contribution in [0.3, 0.4) is 0 Å². The lowest BCUT2D eigenvalue weighted by molar-refractivity contribution is -0.384. The number of fused-ring (bicyclic) bond motifs is 1. The summed E-state index contributed by atoms with van der Waals surface area (Å²) < 4.78 is 11.5. The molecule has 1 unspecified atom stereocenters. The summed E-state index contributed by atoms with van der Waals surface area (Å²) >= 11 is 0. The van der Waals surface area contributed by atoms with Crippen molar-refractivity contribution in [3.05, 3.63) is 82.1 Å². The highest BCUT2D eigenvalue weighted by atomic mass is 16.6. The lowest BCUT2D eigenvalue weighted by atomic mass is 10.1. The number of furan rings is 1. The molecule has 1 amide bonds. The van der Waals surface area contributed by atoms with Gasteiger partial charge in [-0.25, -0.2) is 0 Å². The van der Waals surface area contributed by atoms with Crippen LogP contribution in [0, 0.1) is 10.1 Å². The molecule has 1 aliphatic rings. The van der Waals surface area contributed by atoms with Crippen LogP contribution in [0.5, 0.6) is 5.75 Å². The molecule has 0 aliphatic carbocycles. The monoisotopic (exact) mass is 336 g/mol. The van der Waals surface area contributed by atoms with E-state index in [1.165, 1.54) is 6.07 Å². The second-order valence-corrected chi connectivity index (χ2v) is 5.44. The summed E-state index contributed by atoms with van der Waals surface area (Å²) in [6.45, 7) is 0. The second-order valence-electron chi connectivity index (χ2n) is 5.44. The summed E-state index contributed by atoms with van der Waals surface area (Å²) in [4.78, 5) is 22.9. The lowest BCUT2D eigenvalue weighted by Crippen LogP contribution is -2.36. The normalized spacial score (nSPS) is 15.8. The van der Waals surface area contributed by atoms with Crippen LogP contribution < -0.4 is 10.1 Å². The van der Waals surface area contributed by atoms with Gasteiger partial charge in [0.05, 0.1) is 16.1 Å². The number of nitro groups is 1. The minimum absolute atomic E-state index is 0.0534. The SMILES string of the molecule is O=C1NC(c2ccc(-c3ccccc3[N+](=O)[O-])o2)Oc2ccccc21. The minimum Gasteiger partial charge on any atom is -0.462 e. The van der Waals surface area contributed by atoms with Crippen molar-refractivity contribution >= 4 is 11.6 Å². The number of nitrogens with one attached hydrogen (secondary N) is 1. The first kappa shape index (κ1) is 14.9. The Morgan fingerprint density at radius 2 is 1.68 bits per heavy atom. The predicted molar refractivity (Wildman–Crippen MR) is 88.1 cm³/mol. The highest BCUT2D eigenvalue weighted by molar-refractivity contribution is 5.97. The number of carbonyl (C=O) groups is 1. The van der Waals surface area contributed by atoms with Crippen molar-refractivity contribution in [3.63, 3.8) is 0 Å². The van der Waals surface area contributed by atoms with Gasteiger partial charge < -0.3 is 14.5 Å². The Bertz CT molecular complexity index is 979. The van der Waals surface area contributed by atoms with Crippen molar-refractivity contribution < 1.29 is 18.9 Å². The lowest BCUT2D eigenvalue weighted by Gasteiger charge is -2.25. The van der Waals surface area contributed by atoms with E-state index in [1.54, 1.807) is 54.6 Å². The van der Waals surface area contributed by atoms with Gasteiger partial charge in [-0.1, -0.05) is 24.3 Å². The Hall–Kier alpha value is -3.61. The quantitative estimate of drug-likeness (QED) is 0.581. The maximum absolute atomic E-state index is 12.2. The van der Waals surface area contributed by atoms with Crippen LogP contribution in [-0.2, 0) is 0 Å². The van der Waals surface area contributed by atoms with Crippen LogP contribution in [-0.4, -0.2) is 10.8 Å². The van der Waals surface area contributed by atoms with Gasteiger partial charge in [0.1, 0.15) is 11.5 Å². The summed E-state index contributed by atoms with van der Waals surface area (Å²) in [7, 11) is 0. The van der Waals surface area contributed by atoms with Gasteiger partial charge in [-0.15, -0.1) is 0 Å². The largest absolute Gasteiger partial charge is 0.462 e. The van der Waals surface area contributed by atoms with E-state index in [9.17, 15) is 14.9 Å². The molecule has 0 spiro atoms. The van der Waals surface area contributed by atoms with Crippen LogP contribution in [0.4, 0.5) is 5.69 Å². The third-order valence-electron chi connectivity index (χ3n) is 3.89. The summed E-state index contributed by atoms with van der Waals surface area (Å²) in [5, 5.41) is 13.9. The summed E-state index contributed by atoms with van der Waals surface area (Å²) in [6, 6.07) is 16.4. The van der Waals surface area contributed by atoms with Gasteiger partial charge in [-0.2, -0.15) is 0 Å². The number of amides is 1. The number of benzene rings is 2. The molecule has 4 rings (SSSR count). The van der Waals surface area contributed by atoms with E-state index in [0.717, 1.165) is 0 Å². The molecule has 0 fully saturated rings. The van der Waals surface area contributed by atoms with Crippen molar-refractivity contribution in [2.45, 2.75) is 6.23 Å².